The zero-order valence-electron chi connectivity index (χ0n) is 23.3. The lowest BCUT2D eigenvalue weighted by Gasteiger charge is -2.06. The molecule has 44 heavy (non-hydrogen) atoms. The predicted octanol–water partition coefficient (Wildman–Crippen LogP) is 9.34. The molecule has 0 fully saturated rings. The smallest absolute Gasteiger partial charge is 0.369 e. The number of aromatic nitrogens is 4. The molecule has 4 aromatic rings. The third kappa shape index (κ3) is 17.8. The maximum absolute atomic E-state index is 11.3. The second-order valence-electron chi connectivity index (χ2n) is 8.04. The molecule has 0 aliphatic heterocycles. The number of nitrogens with one attached hydrogen (secondary N) is 2. The van der Waals surface area contributed by atoms with Crippen molar-refractivity contribution in [3.8, 4) is 11.5 Å². The van der Waals surface area contributed by atoms with E-state index in [2.05, 4.69) is 67.2 Å². The van der Waals surface area contributed by atoms with Gasteiger partial charge in [-0.2, -0.15) is 0 Å². The van der Waals surface area contributed by atoms with E-state index in [0.717, 1.165) is 16.9 Å². The number of phenols is 1. The standard InChI is InChI=1S/C13H13ClN2O2S.C12H11ClN2O2S.CH2Cl2.BBr3/c1-8-5-12(17)16-13(15-8)19-7-9-3-4-10(18-2)6-11(9)14;1-7-4-11(17)15-12(14-7)18-6-8-2-3-9(16)5-10(8)13;2-1-3;2-1(3)4/h3-6H,7H2,1-2H3,(H,15,16,17);2-5,16H,6H2,1H3,(H,14,15,17);1H2;. The maximum Gasteiger partial charge on any atom is 0.369 e. The Labute approximate surface area is 308 Å². The van der Waals surface area contributed by atoms with Gasteiger partial charge in [0.1, 0.15) is 11.5 Å². The van der Waals surface area contributed by atoms with Gasteiger partial charge in [-0.3, -0.25) is 9.59 Å². The van der Waals surface area contributed by atoms with Crippen LogP contribution in [0.15, 0.2) is 68.4 Å². The third-order valence-electron chi connectivity index (χ3n) is 4.72. The van der Waals surface area contributed by atoms with Gasteiger partial charge in [0.05, 0.1) is 12.4 Å². The fraction of sp³-hybridized carbons (Fsp3) is 0.231. The molecule has 0 spiro atoms. The van der Waals surface area contributed by atoms with Gasteiger partial charge in [-0.05, 0) is 49.2 Å². The molecule has 0 aliphatic carbocycles. The highest BCUT2D eigenvalue weighted by Crippen LogP contribution is 2.28. The van der Waals surface area contributed by atoms with E-state index in [9.17, 15) is 14.7 Å². The minimum Gasteiger partial charge on any atom is -0.508 e. The van der Waals surface area contributed by atoms with Crippen LogP contribution in [0.4, 0.5) is 0 Å². The molecule has 0 unspecified atom stereocenters. The number of aromatic hydroxyl groups is 1. The Hall–Kier alpha value is -0.835. The summed E-state index contributed by atoms with van der Waals surface area (Å²) in [6.07, 6.45) is 0. The van der Waals surface area contributed by atoms with Crippen molar-refractivity contribution >= 4 is 120 Å². The van der Waals surface area contributed by atoms with Crippen LogP contribution in [0.5, 0.6) is 11.5 Å². The topological polar surface area (TPSA) is 121 Å². The Morgan fingerprint density at radius 2 is 1.23 bits per heavy atom. The fourth-order valence-corrected chi connectivity index (χ4v) is 5.45. The molecule has 2 heterocycles. The van der Waals surface area contributed by atoms with Crippen molar-refractivity contribution in [2.45, 2.75) is 35.7 Å². The van der Waals surface area contributed by atoms with Crippen molar-refractivity contribution in [1.29, 1.82) is 0 Å². The van der Waals surface area contributed by atoms with Crippen LogP contribution in [0.25, 0.3) is 0 Å². The SMILES string of the molecule is BrB(Br)Br.COc1ccc(CSc2nc(C)cc(=O)[nH]2)c(Cl)c1.Cc1cc(=O)[nH]c(SCc2ccc(O)cc2Cl)n1.ClCCl. The van der Waals surface area contributed by atoms with E-state index in [-0.39, 0.29) is 25.4 Å². The van der Waals surface area contributed by atoms with E-state index in [1.165, 1.54) is 41.7 Å². The van der Waals surface area contributed by atoms with E-state index in [1.807, 2.05) is 12.1 Å². The largest absolute Gasteiger partial charge is 0.508 e. The number of thioether (sulfide) groups is 2. The van der Waals surface area contributed by atoms with Gasteiger partial charge in [-0.25, -0.2) is 9.97 Å². The van der Waals surface area contributed by atoms with Gasteiger partial charge in [0.25, 0.3) is 11.1 Å². The number of H-pyrrole nitrogens is 2. The van der Waals surface area contributed by atoms with Gasteiger partial charge in [0.2, 0.25) is 0 Å². The molecule has 0 saturated heterocycles. The van der Waals surface area contributed by atoms with Gasteiger partial charge in [-0.15, -0.1) is 70.5 Å². The summed E-state index contributed by atoms with van der Waals surface area (Å²) in [4.78, 5) is 36.4. The van der Waals surface area contributed by atoms with Crippen LogP contribution in [0.3, 0.4) is 0 Å². The van der Waals surface area contributed by atoms with Gasteiger partial charge < -0.3 is 19.8 Å². The van der Waals surface area contributed by atoms with E-state index in [4.69, 9.17) is 51.1 Å². The molecule has 238 valence electrons. The number of rotatable bonds is 7. The van der Waals surface area contributed by atoms with Crippen LogP contribution in [-0.2, 0) is 11.5 Å². The number of hydrogen-bond acceptors (Lipinski definition) is 8. The normalized spacial score (nSPS) is 9.86. The molecule has 0 atom stereocenters. The van der Waals surface area contributed by atoms with Crippen molar-refractivity contribution in [1.82, 2.24) is 19.9 Å². The average molecular weight is 915 g/mol. The number of alkyl halides is 2. The summed E-state index contributed by atoms with van der Waals surface area (Å²) >= 11 is 33.8. The van der Waals surface area contributed by atoms with Crippen molar-refractivity contribution in [2.75, 3.05) is 12.4 Å². The molecule has 18 heteroatoms. The summed E-state index contributed by atoms with van der Waals surface area (Å²) in [6.45, 7) is 3.56. The average Bonchev–Trinajstić information content (AvgIpc) is 2.91. The molecule has 2 aromatic heterocycles. The first-order valence-electron chi connectivity index (χ1n) is 12.0. The summed E-state index contributed by atoms with van der Waals surface area (Å²) in [5.41, 5.74) is 2.92. The van der Waals surface area contributed by atoms with E-state index < -0.39 is 0 Å². The van der Waals surface area contributed by atoms with Gasteiger partial charge in [0, 0.05) is 45.1 Å². The number of methoxy groups -OCH3 is 1. The highest BCUT2D eigenvalue weighted by molar-refractivity contribution is 9.69. The van der Waals surface area contributed by atoms with Crippen LogP contribution in [0.1, 0.15) is 22.5 Å². The molecule has 0 amide bonds. The Morgan fingerprint density at radius 3 is 1.59 bits per heavy atom. The van der Waals surface area contributed by atoms with Crippen LogP contribution in [0.2, 0.25) is 10.0 Å². The summed E-state index contributed by atoms with van der Waals surface area (Å²) in [5.74, 6) is 2.07. The lowest BCUT2D eigenvalue weighted by Crippen LogP contribution is -2.08. The molecule has 3 N–H and O–H groups in total. The minimum absolute atomic E-state index is 0.135. The number of nitrogens with zero attached hydrogens (tertiary/aromatic N) is 2. The Morgan fingerprint density at radius 1 is 0.818 bits per heavy atom. The zero-order chi connectivity index (χ0) is 33.2. The number of aryl methyl sites for hydroxylation is 2. The van der Waals surface area contributed by atoms with Gasteiger partial charge in [-0.1, -0.05) is 58.9 Å². The van der Waals surface area contributed by atoms with Gasteiger partial charge in [0.15, 0.2) is 10.3 Å². The Kier molecular flexibility index (Phi) is 21.2. The number of phenolic OH excluding ortho intramolecular Hbond substituents is 1. The van der Waals surface area contributed by atoms with Crippen LogP contribution < -0.4 is 15.9 Å². The fourth-order valence-electron chi connectivity index (χ4n) is 2.96. The summed E-state index contributed by atoms with van der Waals surface area (Å²) in [6, 6.07) is 13.2. The lowest BCUT2D eigenvalue weighted by atomic mass is 10.2. The van der Waals surface area contributed by atoms with Gasteiger partial charge >= 0.3 is 3.18 Å². The first kappa shape index (κ1) is 41.2. The lowest BCUT2D eigenvalue weighted by molar-refractivity contribution is 0.414. The Balaban J connectivity index is 0.000000364. The van der Waals surface area contributed by atoms with Crippen molar-refractivity contribution < 1.29 is 9.84 Å². The summed E-state index contributed by atoms with van der Waals surface area (Å²) < 4.78 is 5.36. The number of aromatic amines is 2. The third-order valence-corrected chi connectivity index (χ3v) is 7.27. The van der Waals surface area contributed by atoms with Crippen LogP contribution >= 0.6 is 117 Å². The molecule has 4 rings (SSSR count). The molecule has 0 saturated carbocycles. The van der Waals surface area contributed by atoms with Crippen LogP contribution in [0, 0.1) is 13.8 Å². The number of benzene rings is 2. The maximum atomic E-state index is 11.3. The molecule has 0 radical (unpaired) electrons. The molecular formula is C26H26BBr3Cl4N4O4S2. The molecule has 8 nitrogen and oxygen atoms in total. The molecular weight excluding hydrogens is 889 g/mol. The predicted molar refractivity (Wildman–Crippen MR) is 199 cm³/mol. The van der Waals surface area contributed by atoms with Crippen molar-refractivity contribution in [3.63, 3.8) is 0 Å². The minimum atomic E-state index is -0.165. The van der Waals surface area contributed by atoms with Crippen molar-refractivity contribution in [2.24, 2.45) is 0 Å². The first-order chi connectivity index (χ1) is 20.8. The second-order valence-corrected chi connectivity index (χ2v) is 18.0. The molecule has 0 bridgehead atoms. The molecule has 0 aliphatic rings. The van der Waals surface area contributed by atoms with E-state index in [0.29, 0.717) is 43.3 Å². The van der Waals surface area contributed by atoms with Crippen molar-refractivity contribution in [3.05, 3.63) is 102 Å². The number of ether oxygens (including phenoxy) is 1. The zero-order valence-corrected chi connectivity index (χ0v) is 32.8. The summed E-state index contributed by atoms with van der Waals surface area (Å²) in [5, 5.41) is 11.7. The molecule has 2 aromatic carbocycles. The van der Waals surface area contributed by atoms with Crippen LogP contribution in [-0.4, -0.2) is 40.7 Å². The number of hydrogen-bond donors (Lipinski definition) is 3. The van der Waals surface area contributed by atoms with E-state index >= 15 is 0 Å². The highest BCUT2D eigenvalue weighted by Gasteiger charge is 2.06. The quantitative estimate of drug-likeness (QED) is 0.0727. The Bertz CT molecular complexity index is 1590. The van der Waals surface area contributed by atoms with E-state index in [1.54, 1.807) is 39.2 Å². The summed E-state index contributed by atoms with van der Waals surface area (Å²) in [7, 11) is 1.60. The monoisotopic (exact) mass is 910 g/mol. The first-order valence-corrected chi connectivity index (χ1v) is 18.6. The second kappa shape index (κ2) is 22.7. The number of halogens is 7. The highest BCUT2D eigenvalue weighted by atomic mass is 79.9.